The van der Waals surface area contributed by atoms with Gasteiger partial charge in [-0.15, -0.1) is 0 Å². The van der Waals surface area contributed by atoms with Crippen molar-refractivity contribution < 1.29 is 0 Å². The van der Waals surface area contributed by atoms with Crippen LogP contribution in [0.15, 0.2) is 18.2 Å². The van der Waals surface area contributed by atoms with Crippen LogP contribution >= 0.6 is 0 Å². The minimum atomic E-state index is 0.0312. The van der Waals surface area contributed by atoms with Crippen LogP contribution < -0.4 is 5.32 Å². The van der Waals surface area contributed by atoms with Gasteiger partial charge in [0.25, 0.3) is 0 Å². The highest BCUT2D eigenvalue weighted by atomic mass is 14.9. The number of para-hydroxylation sites is 1. The van der Waals surface area contributed by atoms with E-state index in [1.165, 1.54) is 16.8 Å². The van der Waals surface area contributed by atoms with Crippen molar-refractivity contribution in [1.82, 2.24) is 0 Å². The minimum Gasteiger partial charge on any atom is -0.383 e. The second kappa shape index (κ2) is 3.34. The zero-order valence-electron chi connectivity index (χ0n) is 8.54. The number of hydrogen-bond donors (Lipinski definition) is 1. The van der Waals surface area contributed by atoms with E-state index in [1.807, 2.05) is 6.07 Å². The SMILES string of the molecule is CC(C)c1cccc2c1NCC2C#N. The highest BCUT2D eigenvalue weighted by molar-refractivity contribution is 5.65. The minimum absolute atomic E-state index is 0.0312. The number of anilines is 1. The van der Waals surface area contributed by atoms with E-state index in [2.05, 4.69) is 37.4 Å². The Balaban J connectivity index is 2.51. The van der Waals surface area contributed by atoms with E-state index >= 15 is 0 Å². The van der Waals surface area contributed by atoms with Crippen molar-refractivity contribution in [2.45, 2.75) is 25.7 Å². The van der Waals surface area contributed by atoms with E-state index in [0.717, 1.165) is 6.54 Å². The summed E-state index contributed by atoms with van der Waals surface area (Å²) in [7, 11) is 0. The first-order valence-electron chi connectivity index (χ1n) is 5.00. The molecule has 72 valence electrons. The monoisotopic (exact) mass is 186 g/mol. The number of hydrogen-bond acceptors (Lipinski definition) is 2. The Bertz CT molecular complexity index is 388. The average Bonchev–Trinajstić information content (AvgIpc) is 2.59. The quantitative estimate of drug-likeness (QED) is 0.732. The molecule has 0 fully saturated rings. The lowest BCUT2D eigenvalue weighted by Crippen LogP contribution is -1.99. The van der Waals surface area contributed by atoms with Gasteiger partial charge in [-0.25, -0.2) is 0 Å². The first kappa shape index (κ1) is 9.08. The normalized spacial score (nSPS) is 18.9. The van der Waals surface area contributed by atoms with Gasteiger partial charge in [0.05, 0.1) is 12.0 Å². The summed E-state index contributed by atoms with van der Waals surface area (Å²) in [5.74, 6) is 0.540. The lowest BCUT2D eigenvalue weighted by molar-refractivity contribution is 0.868. The summed E-state index contributed by atoms with van der Waals surface area (Å²) in [6.07, 6.45) is 0. The van der Waals surface area contributed by atoms with E-state index in [4.69, 9.17) is 5.26 Å². The number of benzene rings is 1. The Kier molecular flexibility index (Phi) is 2.17. The molecule has 0 saturated heterocycles. The second-order valence-electron chi connectivity index (χ2n) is 4.03. The van der Waals surface area contributed by atoms with Crippen LogP contribution in [0.1, 0.15) is 36.8 Å². The average molecular weight is 186 g/mol. The third kappa shape index (κ3) is 1.26. The number of fused-ring (bicyclic) bond motifs is 1. The van der Waals surface area contributed by atoms with E-state index < -0.39 is 0 Å². The lowest BCUT2D eigenvalue weighted by Gasteiger charge is -2.11. The third-order valence-corrected chi connectivity index (χ3v) is 2.77. The molecule has 0 aromatic heterocycles. The van der Waals surface area contributed by atoms with Crippen molar-refractivity contribution in [1.29, 1.82) is 5.26 Å². The molecule has 2 nitrogen and oxygen atoms in total. The van der Waals surface area contributed by atoms with Crippen LogP contribution in [0.4, 0.5) is 5.69 Å². The fourth-order valence-electron chi connectivity index (χ4n) is 1.99. The molecular formula is C12H14N2. The molecule has 14 heavy (non-hydrogen) atoms. The molecule has 0 aliphatic carbocycles. The van der Waals surface area contributed by atoms with E-state index in [1.54, 1.807) is 0 Å². The predicted molar refractivity (Wildman–Crippen MR) is 57.4 cm³/mol. The summed E-state index contributed by atoms with van der Waals surface area (Å²) < 4.78 is 0. The largest absolute Gasteiger partial charge is 0.383 e. The molecule has 0 saturated carbocycles. The number of nitrogens with one attached hydrogen (secondary N) is 1. The molecule has 2 heteroatoms. The molecule has 0 amide bonds. The van der Waals surface area contributed by atoms with Crippen LogP contribution in [0.3, 0.4) is 0 Å². The van der Waals surface area contributed by atoms with Crippen LogP contribution in [0.25, 0.3) is 0 Å². The molecule has 0 radical (unpaired) electrons. The summed E-state index contributed by atoms with van der Waals surface area (Å²) in [5, 5.41) is 12.3. The fourth-order valence-corrected chi connectivity index (χ4v) is 1.99. The van der Waals surface area contributed by atoms with Crippen LogP contribution in [0, 0.1) is 11.3 Å². The summed E-state index contributed by atoms with van der Waals surface area (Å²) in [5.41, 5.74) is 3.67. The van der Waals surface area contributed by atoms with Crippen molar-refractivity contribution >= 4 is 5.69 Å². The molecule has 1 aliphatic heterocycles. The predicted octanol–water partition coefficient (Wildman–Crippen LogP) is 2.84. The molecule has 1 aromatic carbocycles. The Morgan fingerprint density at radius 1 is 1.50 bits per heavy atom. The fraction of sp³-hybridized carbons (Fsp3) is 0.417. The van der Waals surface area contributed by atoms with Crippen LogP contribution in [0.5, 0.6) is 0 Å². The molecule has 1 N–H and O–H groups in total. The van der Waals surface area contributed by atoms with Crippen LogP contribution in [0.2, 0.25) is 0 Å². The number of rotatable bonds is 1. The molecule has 0 bridgehead atoms. The Labute approximate surface area is 84.6 Å². The maximum absolute atomic E-state index is 8.95. The molecule has 1 aliphatic rings. The van der Waals surface area contributed by atoms with Gasteiger partial charge in [0.15, 0.2) is 0 Å². The van der Waals surface area contributed by atoms with Crippen LogP contribution in [-0.2, 0) is 0 Å². The van der Waals surface area contributed by atoms with Crippen molar-refractivity contribution in [2.24, 2.45) is 0 Å². The highest BCUT2D eigenvalue weighted by Crippen LogP contribution is 2.36. The zero-order chi connectivity index (χ0) is 10.1. The van der Waals surface area contributed by atoms with Gasteiger partial charge >= 0.3 is 0 Å². The molecule has 1 heterocycles. The Morgan fingerprint density at radius 3 is 2.93 bits per heavy atom. The van der Waals surface area contributed by atoms with Gasteiger partial charge in [0.2, 0.25) is 0 Å². The smallest absolute Gasteiger partial charge is 0.0905 e. The molecule has 1 atom stereocenters. The van der Waals surface area contributed by atoms with Crippen LogP contribution in [-0.4, -0.2) is 6.54 Å². The first-order valence-corrected chi connectivity index (χ1v) is 5.00. The maximum atomic E-state index is 8.95. The first-order chi connectivity index (χ1) is 6.74. The van der Waals surface area contributed by atoms with Gasteiger partial charge in [-0.2, -0.15) is 5.26 Å². The van der Waals surface area contributed by atoms with Crippen molar-refractivity contribution in [3.05, 3.63) is 29.3 Å². The maximum Gasteiger partial charge on any atom is 0.0905 e. The molecule has 1 unspecified atom stereocenters. The molecule has 2 rings (SSSR count). The van der Waals surface area contributed by atoms with Crippen molar-refractivity contribution in [3.63, 3.8) is 0 Å². The van der Waals surface area contributed by atoms with E-state index in [0.29, 0.717) is 5.92 Å². The van der Waals surface area contributed by atoms with Gasteiger partial charge in [-0.1, -0.05) is 32.0 Å². The summed E-state index contributed by atoms with van der Waals surface area (Å²) in [6, 6.07) is 8.56. The Morgan fingerprint density at radius 2 is 2.29 bits per heavy atom. The van der Waals surface area contributed by atoms with Gasteiger partial charge in [0, 0.05) is 12.2 Å². The molecule has 0 spiro atoms. The summed E-state index contributed by atoms with van der Waals surface area (Å²) >= 11 is 0. The van der Waals surface area contributed by atoms with Crippen molar-refractivity contribution in [2.75, 3.05) is 11.9 Å². The van der Waals surface area contributed by atoms with Gasteiger partial charge in [-0.05, 0) is 17.0 Å². The van der Waals surface area contributed by atoms with Gasteiger partial charge in [-0.3, -0.25) is 0 Å². The summed E-state index contributed by atoms with van der Waals surface area (Å²) in [4.78, 5) is 0. The molecular weight excluding hydrogens is 172 g/mol. The molecule has 1 aromatic rings. The lowest BCUT2D eigenvalue weighted by atomic mass is 9.95. The Hall–Kier alpha value is -1.49. The highest BCUT2D eigenvalue weighted by Gasteiger charge is 2.24. The van der Waals surface area contributed by atoms with Gasteiger partial charge in [0.1, 0.15) is 0 Å². The summed E-state index contributed by atoms with van der Waals surface area (Å²) in [6.45, 7) is 5.11. The number of nitriles is 1. The van der Waals surface area contributed by atoms with Crippen molar-refractivity contribution in [3.8, 4) is 6.07 Å². The third-order valence-electron chi connectivity index (χ3n) is 2.77. The van der Waals surface area contributed by atoms with Gasteiger partial charge < -0.3 is 5.32 Å². The zero-order valence-corrected chi connectivity index (χ0v) is 8.54. The topological polar surface area (TPSA) is 35.8 Å². The second-order valence-corrected chi connectivity index (χ2v) is 4.03. The van der Waals surface area contributed by atoms with E-state index in [-0.39, 0.29) is 5.92 Å². The van der Waals surface area contributed by atoms with E-state index in [9.17, 15) is 0 Å². The number of nitrogens with zero attached hydrogens (tertiary/aromatic N) is 1. The standard InChI is InChI=1S/C12H14N2/c1-8(2)10-4-3-5-11-9(6-13)7-14-12(10)11/h3-5,8-9,14H,7H2,1-2H3.